The predicted molar refractivity (Wildman–Crippen MR) is 67.3 cm³/mol. The van der Waals surface area contributed by atoms with Gasteiger partial charge in [0.25, 0.3) is 0 Å². The lowest BCUT2D eigenvalue weighted by Gasteiger charge is -2.32. The van der Waals surface area contributed by atoms with Gasteiger partial charge in [0, 0.05) is 17.1 Å². The Morgan fingerprint density at radius 1 is 1.31 bits per heavy atom. The first-order chi connectivity index (χ1) is 7.63. The Hall–Kier alpha value is -0.440. The van der Waals surface area contributed by atoms with Crippen molar-refractivity contribution >= 4 is 23.2 Å². The zero-order valence-corrected chi connectivity index (χ0v) is 10.7. The summed E-state index contributed by atoms with van der Waals surface area (Å²) in [6.45, 7) is 0. The SMILES string of the molecule is COc1cc(Cl)c(C(N)C2CCC2)cc1Cl. The molecule has 2 nitrogen and oxygen atoms in total. The van der Waals surface area contributed by atoms with Gasteiger partial charge in [0.05, 0.1) is 12.1 Å². The van der Waals surface area contributed by atoms with E-state index in [0.29, 0.717) is 21.7 Å². The molecule has 0 spiro atoms. The molecule has 0 amide bonds. The summed E-state index contributed by atoms with van der Waals surface area (Å²) in [4.78, 5) is 0. The van der Waals surface area contributed by atoms with Crippen LogP contribution in [0.2, 0.25) is 10.0 Å². The second-order valence-electron chi connectivity index (χ2n) is 4.23. The van der Waals surface area contributed by atoms with Crippen LogP contribution in [-0.2, 0) is 0 Å². The first-order valence-electron chi connectivity index (χ1n) is 5.42. The minimum atomic E-state index is -0.00958. The molecule has 88 valence electrons. The van der Waals surface area contributed by atoms with Crippen molar-refractivity contribution in [1.29, 1.82) is 0 Å². The van der Waals surface area contributed by atoms with Crippen LogP contribution < -0.4 is 10.5 Å². The summed E-state index contributed by atoms with van der Waals surface area (Å²) < 4.78 is 5.10. The zero-order chi connectivity index (χ0) is 11.7. The smallest absolute Gasteiger partial charge is 0.138 e. The number of hydrogen-bond acceptors (Lipinski definition) is 2. The highest BCUT2D eigenvalue weighted by Crippen LogP contribution is 2.41. The lowest BCUT2D eigenvalue weighted by molar-refractivity contribution is 0.264. The van der Waals surface area contributed by atoms with Crippen LogP contribution >= 0.6 is 23.2 Å². The number of hydrogen-bond donors (Lipinski definition) is 1. The molecule has 0 bridgehead atoms. The second-order valence-corrected chi connectivity index (χ2v) is 5.04. The Labute approximate surface area is 106 Å². The summed E-state index contributed by atoms with van der Waals surface area (Å²) in [7, 11) is 1.57. The van der Waals surface area contributed by atoms with Crippen LogP contribution in [0.1, 0.15) is 30.9 Å². The van der Waals surface area contributed by atoms with Crippen molar-refractivity contribution in [2.24, 2.45) is 11.7 Å². The molecule has 0 heterocycles. The fourth-order valence-electron chi connectivity index (χ4n) is 2.01. The van der Waals surface area contributed by atoms with E-state index in [1.165, 1.54) is 19.3 Å². The van der Waals surface area contributed by atoms with Crippen molar-refractivity contribution in [2.45, 2.75) is 25.3 Å². The molecule has 0 aliphatic heterocycles. The number of ether oxygens (including phenoxy) is 1. The van der Waals surface area contributed by atoms with Crippen molar-refractivity contribution in [1.82, 2.24) is 0 Å². The molecule has 16 heavy (non-hydrogen) atoms. The molecule has 1 unspecified atom stereocenters. The predicted octanol–water partition coefficient (Wildman–Crippen LogP) is 3.80. The Kier molecular flexibility index (Phi) is 3.63. The standard InChI is InChI=1S/C12H15Cl2NO/c1-16-11-6-9(13)8(5-10(11)14)12(15)7-3-2-4-7/h5-7,12H,2-4,15H2,1H3. The van der Waals surface area contributed by atoms with E-state index < -0.39 is 0 Å². The summed E-state index contributed by atoms with van der Waals surface area (Å²) in [6, 6.07) is 3.55. The van der Waals surface area contributed by atoms with Gasteiger partial charge in [-0.25, -0.2) is 0 Å². The van der Waals surface area contributed by atoms with Gasteiger partial charge in [-0.1, -0.05) is 29.6 Å². The normalized spacial score (nSPS) is 18.0. The topological polar surface area (TPSA) is 35.2 Å². The Balaban J connectivity index is 2.29. The summed E-state index contributed by atoms with van der Waals surface area (Å²) in [5.41, 5.74) is 7.11. The van der Waals surface area contributed by atoms with Crippen LogP contribution in [0.5, 0.6) is 5.75 Å². The number of rotatable bonds is 3. The fourth-order valence-corrected chi connectivity index (χ4v) is 2.54. The molecular weight excluding hydrogens is 245 g/mol. The van der Waals surface area contributed by atoms with Gasteiger partial charge < -0.3 is 10.5 Å². The minimum Gasteiger partial charge on any atom is -0.495 e. The van der Waals surface area contributed by atoms with Gasteiger partial charge in [-0.2, -0.15) is 0 Å². The lowest BCUT2D eigenvalue weighted by Crippen LogP contribution is -2.27. The van der Waals surface area contributed by atoms with E-state index in [1.54, 1.807) is 13.2 Å². The largest absolute Gasteiger partial charge is 0.495 e. The first kappa shape index (κ1) is 12.0. The van der Waals surface area contributed by atoms with Crippen LogP contribution in [0.3, 0.4) is 0 Å². The number of nitrogens with two attached hydrogens (primary N) is 1. The highest BCUT2D eigenvalue weighted by Gasteiger charge is 2.27. The highest BCUT2D eigenvalue weighted by atomic mass is 35.5. The van der Waals surface area contributed by atoms with E-state index in [0.717, 1.165) is 5.56 Å². The average Bonchev–Trinajstić information content (AvgIpc) is 2.18. The molecule has 0 aromatic heterocycles. The zero-order valence-electron chi connectivity index (χ0n) is 9.17. The van der Waals surface area contributed by atoms with Crippen LogP contribution in [0.4, 0.5) is 0 Å². The van der Waals surface area contributed by atoms with E-state index in [1.807, 2.05) is 6.07 Å². The second kappa shape index (κ2) is 4.82. The van der Waals surface area contributed by atoms with Crippen molar-refractivity contribution in [3.8, 4) is 5.75 Å². The molecule has 1 aliphatic rings. The van der Waals surface area contributed by atoms with Crippen molar-refractivity contribution < 1.29 is 4.74 Å². The molecule has 4 heteroatoms. The van der Waals surface area contributed by atoms with E-state index in [2.05, 4.69) is 0 Å². The molecule has 1 fully saturated rings. The van der Waals surface area contributed by atoms with Gasteiger partial charge in [-0.05, 0) is 30.4 Å². The Bertz CT molecular complexity index is 391. The maximum atomic E-state index is 6.18. The van der Waals surface area contributed by atoms with E-state index in [4.69, 9.17) is 33.7 Å². The van der Waals surface area contributed by atoms with Crippen LogP contribution in [-0.4, -0.2) is 7.11 Å². The third-order valence-corrected chi connectivity index (χ3v) is 3.91. The monoisotopic (exact) mass is 259 g/mol. The molecule has 2 rings (SSSR count). The molecular formula is C12H15Cl2NO. The summed E-state index contributed by atoms with van der Waals surface area (Å²) in [5.74, 6) is 1.14. The van der Waals surface area contributed by atoms with Crippen molar-refractivity contribution in [3.63, 3.8) is 0 Å². The lowest BCUT2D eigenvalue weighted by atomic mass is 9.77. The fraction of sp³-hybridized carbons (Fsp3) is 0.500. The van der Waals surface area contributed by atoms with Gasteiger partial charge in [0.1, 0.15) is 5.75 Å². The average molecular weight is 260 g/mol. The molecule has 2 N–H and O–H groups in total. The maximum absolute atomic E-state index is 6.18. The highest BCUT2D eigenvalue weighted by molar-refractivity contribution is 6.34. The van der Waals surface area contributed by atoms with Gasteiger partial charge in [0.15, 0.2) is 0 Å². The van der Waals surface area contributed by atoms with Crippen LogP contribution in [0, 0.1) is 5.92 Å². The summed E-state index contributed by atoms with van der Waals surface area (Å²) in [5, 5.41) is 1.21. The third kappa shape index (κ3) is 2.15. The van der Waals surface area contributed by atoms with Crippen LogP contribution in [0.25, 0.3) is 0 Å². The van der Waals surface area contributed by atoms with Gasteiger partial charge in [-0.3, -0.25) is 0 Å². The Morgan fingerprint density at radius 2 is 2.00 bits per heavy atom. The number of halogens is 2. The minimum absolute atomic E-state index is 0.00958. The molecule has 1 saturated carbocycles. The molecule has 1 aliphatic carbocycles. The third-order valence-electron chi connectivity index (χ3n) is 3.29. The van der Waals surface area contributed by atoms with Crippen molar-refractivity contribution in [2.75, 3.05) is 7.11 Å². The number of methoxy groups -OCH3 is 1. The molecule has 1 atom stereocenters. The summed E-state index contributed by atoms with van der Waals surface area (Å²) in [6.07, 6.45) is 3.63. The maximum Gasteiger partial charge on any atom is 0.138 e. The van der Waals surface area contributed by atoms with Gasteiger partial charge >= 0.3 is 0 Å². The van der Waals surface area contributed by atoms with E-state index in [9.17, 15) is 0 Å². The first-order valence-corrected chi connectivity index (χ1v) is 6.17. The van der Waals surface area contributed by atoms with E-state index in [-0.39, 0.29) is 6.04 Å². The molecule has 1 aromatic carbocycles. The summed E-state index contributed by atoms with van der Waals surface area (Å²) >= 11 is 12.3. The Morgan fingerprint density at radius 3 is 2.50 bits per heavy atom. The van der Waals surface area contributed by atoms with E-state index >= 15 is 0 Å². The van der Waals surface area contributed by atoms with Gasteiger partial charge in [0.2, 0.25) is 0 Å². The quantitative estimate of drug-likeness (QED) is 0.897. The molecule has 1 aromatic rings. The van der Waals surface area contributed by atoms with Crippen molar-refractivity contribution in [3.05, 3.63) is 27.7 Å². The molecule has 0 radical (unpaired) electrons. The van der Waals surface area contributed by atoms with Crippen LogP contribution in [0.15, 0.2) is 12.1 Å². The molecule has 0 saturated heterocycles. The van der Waals surface area contributed by atoms with Gasteiger partial charge in [-0.15, -0.1) is 0 Å². The number of benzene rings is 1.